The summed E-state index contributed by atoms with van der Waals surface area (Å²) in [6, 6.07) is 6.71. The highest BCUT2D eigenvalue weighted by atomic mass is 19.1. The second-order valence-electron chi connectivity index (χ2n) is 4.70. The van der Waals surface area contributed by atoms with Crippen molar-refractivity contribution >= 4 is 5.96 Å². The van der Waals surface area contributed by atoms with E-state index in [4.69, 9.17) is 0 Å². The molecule has 1 aromatic rings. The first kappa shape index (κ1) is 12.9. The van der Waals surface area contributed by atoms with E-state index in [9.17, 15) is 4.39 Å². The zero-order valence-electron chi connectivity index (χ0n) is 10.7. The van der Waals surface area contributed by atoms with Crippen molar-refractivity contribution in [1.82, 2.24) is 10.6 Å². The van der Waals surface area contributed by atoms with Crippen molar-refractivity contribution in [3.8, 4) is 0 Å². The van der Waals surface area contributed by atoms with Crippen molar-refractivity contribution in [2.24, 2.45) is 10.9 Å². The fraction of sp³-hybridized carbons (Fsp3) is 0.500. The van der Waals surface area contributed by atoms with Gasteiger partial charge in [0, 0.05) is 20.1 Å². The van der Waals surface area contributed by atoms with Gasteiger partial charge in [-0.25, -0.2) is 4.39 Å². The van der Waals surface area contributed by atoms with Crippen LogP contribution in [0.25, 0.3) is 0 Å². The van der Waals surface area contributed by atoms with Gasteiger partial charge in [0.1, 0.15) is 5.82 Å². The van der Waals surface area contributed by atoms with Gasteiger partial charge in [-0.2, -0.15) is 0 Å². The molecule has 18 heavy (non-hydrogen) atoms. The lowest BCUT2D eigenvalue weighted by molar-refractivity contribution is 0.625. The van der Waals surface area contributed by atoms with Crippen molar-refractivity contribution < 1.29 is 4.39 Å². The van der Waals surface area contributed by atoms with E-state index in [0.29, 0.717) is 0 Å². The van der Waals surface area contributed by atoms with E-state index in [1.807, 2.05) is 6.07 Å². The molecule has 2 N–H and O–H groups in total. The Morgan fingerprint density at radius 2 is 2.22 bits per heavy atom. The van der Waals surface area contributed by atoms with E-state index in [1.165, 1.54) is 18.9 Å². The lowest BCUT2D eigenvalue weighted by Crippen LogP contribution is -2.39. The molecule has 0 atom stereocenters. The van der Waals surface area contributed by atoms with Crippen LogP contribution in [0.1, 0.15) is 18.4 Å². The number of nitrogens with one attached hydrogen (secondary N) is 2. The smallest absolute Gasteiger partial charge is 0.190 e. The molecule has 1 fully saturated rings. The van der Waals surface area contributed by atoms with E-state index in [2.05, 4.69) is 15.6 Å². The normalized spacial score (nSPS) is 15.6. The second-order valence-corrected chi connectivity index (χ2v) is 4.70. The lowest BCUT2D eigenvalue weighted by Gasteiger charge is -2.11. The van der Waals surface area contributed by atoms with Crippen LogP contribution in [0.2, 0.25) is 0 Å². The molecule has 0 radical (unpaired) electrons. The summed E-state index contributed by atoms with van der Waals surface area (Å²) < 4.78 is 13.0. The van der Waals surface area contributed by atoms with Crippen molar-refractivity contribution in [3.63, 3.8) is 0 Å². The molecule has 2 rings (SSSR count). The summed E-state index contributed by atoms with van der Waals surface area (Å²) in [5, 5.41) is 6.53. The Hall–Kier alpha value is -1.58. The minimum atomic E-state index is -0.177. The Morgan fingerprint density at radius 1 is 1.39 bits per heavy atom. The molecule has 0 spiro atoms. The highest BCUT2D eigenvalue weighted by molar-refractivity contribution is 5.79. The molecule has 4 heteroatoms. The largest absolute Gasteiger partial charge is 0.356 e. The molecule has 98 valence electrons. The number of nitrogens with zero attached hydrogens (tertiary/aromatic N) is 1. The number of hydrogen-bond donors (Lipinski definition) is 2. The van der Waals surface area contributed by atoms with Crippen LogP contribution in [0.5, 0.6) is 0 Å². The Bertz CT molecular complexity index is 413. The molecule has 0 amide bonds. The molecule has 3 nitrogen and oxygen atoms in total. The van der Waals surface area contributed by atoms with Gasteiger partial charge in [0.05, 0.1) is 0 Å². The van der Waals surface area contributed by atoms with Gasteiger partial charge in [-0.1, -0.05) is 12.1 Å². The van der Waals surface area contributed by atoms with Gasteiger partial charge < -0.3 is 10.6 Å². The molecule has 0 heterocycles. The molecule has 0 bridgehead atoms. The number of halogens is 1. The average molecular weight is 249 g/mol. The third-order valence-corrected chi connectivity index (χ3v) is 3.07. The molecular weight excluding hydrogens is 229 g/mol. The highest BCUT2D eigenvalue weighted by Gasteiger charge is 2.20. The maximum Gasteiger partial charge on any atom is 0.190 e. The van der Waals surface area contributed by atoms with Crippen LogP contribution in [-0.2, 0) is 6.42 Å². The van der Waals surface area contributed by atoms with Crippen molar-refractivity contribution in [2.75, 3.05) is 20.1 Å². The molecule has 0 unspecified atom stereocenters. The lowest BCUT2D eigenvalue weighted by atomic mass is 10.1. The topological polar surface area (TPSA) is 36.4 Å². The SMILES string of the molecule is CN=C(NCCc1cccc(F)c1)NCC1CC1. The molecule has 0 aromatic heterocycles. The maximum absolute atomic E-state index is 13.0. The van der Waals surface area contributed by atoms with Gasteiger partial charge in [0.2, 0.25) is 0 Å². The molecule has 1 saturated carbocycles. The fourth-order valence-electron chi connectivity index (χ4n) is 1.80. The molecule has 0 saturated heterocycles. The predicted octanol–water partition coefficient (Wildman–Crippen LogP) is 1.94. The van der Waals surface area contributed by atoms with Crippen LogP contribution >= 0.6 is 0 Å². The standard InChI is InChI=1S/C14H20FN3/c1-16-14(18-10-12-5-6-12)17-8-7-11-3-2-4-13(15)9-11/h2-4,9,12H,5-8,10H2,1H3,(H2,16,17,18). The van der Waals surface area contributed by atoms with Gasteiger partial charge >= 0.3 is 0 Å². The van der Waals surface area contributed by atoms with Crippen molar-refractivity contribution in [1.29, 1.82) is 0 Å². The van der Waals surface area contributed by atoms with Gasteiger partial charge in [-0.3, -0.25) is 4.99 Å². The zero-order valence-corrected chi connectivity index (χ0v) is 10.7. The van der Waals surface area contributed by atoms with Crippen LogP contribution in [0.4, 0.5) is 4.39 Å². The van der Waals surface area contributed by atoms with Crippen LogP contribution < -0.4 is 10.6 Å². The summed E-state index contributed by atoms with van der Waals surface area (Å²) in [5.41, 5.74) is 1.00. The maximum atomic E-state index is 13.0. The fourth-order valence-corrected chi connectivity index (χ4v) is 1.80. The van der Waals surface area contributed by atoms with Crippen LogP contribution in [0.3, 0.4) is 0 Å². The van der Waals surface area contributed by atoms with Gasteiger partial charge in [0.25, 0.3) is 0 Å². The minimum Gasteiger partial charge on any atom is -0.356 e. The number of aliphatic imine (C=N–C) groups is 1. The van der Waals surface area contributed by atoms with E-state index >= 15 is 0 Å². The summed E-state index contributed by atoms with van der Waals surface area (Å²) in [6.07, 6.45) is 3.45. The molecular formula is C14H20FN3. The summed E-state index contributed by atoms with van der Waals surface area (Å²) >= 11 is 0. The first-order chi connectivity index (χ1) is 8.78. The Balaban J connectivity index is 1.69. The number of benzene rings is 1. The Kier molecular flexibility index (Phi) is 4.56. The molecule has 0 aliphatic heterocycles. The van der Waals surface area contributed by atoms with E-state index in [1.54, 1.807) is 19.2 Å². The minimum absolute atomic E-state index is 0.177. The summed E-state index contributed by atoms with van der Waals surface area (Å²) in [7, 11) is 1.77. The van der Waals surface area contributed by atoms with E-state index in [0.717, 1.165) is 37.0 Å². The third-order valence-electron chi connectivity index (χ3n) is 3.07. The van der Waals surface area contributed by atoms with Gasteiger partial charge in [-0.15, -0.1) is 0 Å². The van der Waals surface area contributed by atoms with Gasteiger partial charge in [-0.05, 0) is 42.9 Å². The van der Waals surface area contributed by atoms with Crippen LogP contribution in [-0.4, -0.2) is 26.1 Å². The number of rotatable bonds is 5. The van der Waals surface area contributed by atoms with E-state index in [-0.39, 0.29) is 5.82 Å². The van der Waals surface area contributed by atoms with Crippen molar-refractivity contribution in [2.45, 2.75) is 19.3 Å². The quantitative estimate of drug-likeness (QED) is 0.618. The molecule has 1 aliphatic rings. The first-order valence-corrected chi connectivity index (χ1v) is 6.47. The number of hydrogen-bond acceptors (Lipinski definition) is 1. The zero-order chi connectivity index (χ0) is 12.8. The Morgan fingerprint density at radius 3 is 2.89 bits per heavy atom. The van der Waals surface area contributed by atoms with Gasteiger partial charge in [0.15, 0.2) is 5.96 Å². The first-order valence-electron chi connectivity index (χ1n) is 6.47. The van der Waals surface area contributed by atoms with E-state index < -0.39 is 0 Å². The predicted molar refractivity (Wildman–Crippen MR) is 72.2 cm³/mol. The molecule has 1 aliphatic carbocycles. The number of guanidine groups is 1. The van der Waals surface area contributed by atoms with Crippen molar-refractivity contribution in [3.05, 3.63) is 35.6 Å². The Labute approximate surface area is 108 Å². The summed E-state index contributed by atoms with van der Waals surface area (Å²) in [5.74, 6) is 1.48. The second kappa shape index (κ2) is 6.38. The summed E-state index contributed by atoms with van der Waals surface area (Å²) in [4.78, 5) is 4.16. The average Bonchev–Trinajstić information content (AvgIpc) is 3.17. The highest BCUT2D eigenvalue weighted by Crippen LogP contribution is 2.27. The molecule has 1 aromatic carbocycles. The van der Waals surface area contributed by atoms with Crippen LogP contribution in [0, 0.1) is 11.7 Å². The summed E-state index contributed by atoms with van der Waals surface area (Å²) in [6.45, 7) is 1.76. The monoisotopic (exact) mass is 249 g/mol. The van der Waals surface area contributed by atoms with Crippen LogP contribution in [0.15, 0.2) is 29.3 Å². The third kappa shape index (κ3) is 4.35.